The summed E-state index contributed by atoms with van der Waals surface area (Å²) in [5.41, 5.74) is 4.24. The number of amides is 1. The average Bonchev–Trinajstić information content (AvgIpc) is 2.42. The summed E-state index contributed by atoms with van der Waals surface area (Å²) < 4.78 is 0. The molecule has 19 heavy (non-hydrogen) atoms. The molecular formula is C16H16BrNO. The van der Waals surface area contributed by atoms with Crippen molar-refractivity contribution in [1.82, 2.24) is 0 Å². The molecule has 0 spiro atoms. The molecule has 0 aliphatic rings. The minimum atomic E-state index is 0.0147. The quantitative estimate of drug-likeness (QED) is 0.846. The first-order valence-corrected chi connectivity index (χ1v) is 7.30. The summed E-state index contributed by atoms with van der Waals surface area (Å²) in [6, 6.07) is 15.8. The maximum absolute atomic E-state index is 12.0. The second kappa shape index (κ2) is 6.53. The van der Waals surface area contributed by atoms with Gasteiger partial charge in [0.1, 0.15) is 0 Å². The maximum Gasteiger partial charge on any atom is 0.228 e. The van der Waals surface area contributed by atoms with Crippen molar-refractivity contribution in [2.24, 2.45) is 0 Å². The summed E-state index contributed by atoms with van der Waals surface area (Å²) in [5, 5.41) is 3.74. The Hall–Kier alpha value is -1.61. The van der Waals surface area contributed by atoms with E-state index in [0.29, 0.717) is 6.42 Å². The normalized spacial score (nSPS) is 10.2. The molecule has 2 rings (SSSR count). The lowest BCUT2D eigenvalue weighted by atomic mass is 10.1. The number of aryl methyl sites for hydroxylation is 1. The fourth-order valence-electron chi connectivity index (χ4n) is 1.86. The summed E-state index contributed by atoms with van der Waals surface area (Å²) in [5.74, 6) is 0.0147. The van der Waals surface area contributed by atoms with Gasteiger partial charge in [0.15, 0.2) is 0 Å². The van der Waals surface area contributed by atoms with Gasteiger partial charge in [-0.05, 0) is 35.7 Å². The number of hydrogen-bond acceptors (Lipinski definition) is 1. The minimum absolute atomic E-state index is 0.0147. The number of alkyl halides is 1. The first-order valence-electron chi connectivity index (χ1n) is 6.18. The lowest BCUT2D eigenvalue weighted by Crippen LogP contribution is -2.14. The third-order valence-corrected chi connectivity index (χ3v) is 3.65. The molecule has 98 valence electrons. The van der Waals surface area contributed by atoms with Gasteiger partial charge < -0.3 is 5.32 Å². The van der Waals surface area contributed by atoms with E-state index in [1.165, 1.54) is 5.56 Å². The largest absolute Gasteiger partial charge is 0.326 e. The Morgan fingerprint density at radius 3 is 2.42 bits per heavy atom. The number of carbonyl (C=O) groups is 1. The van der Waals surface area contributed by atoms with Crippen LogP contribution in [-0.2, 0) is 16.5 Å². The van der Waals surface area contributed by atoms with Crippen LogP contribution in [0.15, 0.2) is 48.5 Å². The van der Waals surface area contributed by atoms with Crippen molar-refractivity contribution in [2.75, 3.05) is 5.32 Å². The van der Waals surface area contributed by atoms with Gasteiger partial charge in [-0.1, -0.05) is 52.3 Å². The van der Waals surface area contributed by atoms with Crippen molar-refractivity contribution in [3.8, 4) is 0 Å². The molecule has 0 aromatic heterocycles. The minimum Gasteiger partial charge on any atom is -0.326 e. The molecule has 0 fully saturated rings. The molecule has 0 aliphatic heterocycles. The molecule has 0 heterocycles. The van der Waals surface area contributed by atoms with Crippen LogP contribution >= 0.6 is 15.9 Å². The average molecular weight is 318 g/mol. The van der Waals surface area contributed by atoms with Gasteiger partial charge in [-0.25, -0.2) is 0 Å². The van der Waals surface area contributed by atoms with E-state index in [9.17, 15) is 4.79 Å². The van der Waals surface area contributed by atoms with E-state index >= 15 is 0 Å². The number of halogens is 1. The Labute approximate surface area is 122 Å². The fourth-order valence-corrected chi connectivity index (χ4v) is 2.24. The van der Waals surface area contributed by atoms with E-state index in [1.54, 1.807) is 0 Å². The number of carbonyl (C=O) groups excluding carboxylic acids is 1. The molecule has 0 aliphatic carbocycles. The highest BCUT2D eigenvalue weighted by molar-refractivity contribution is 9.08. The molecule has 0 saturated heterocycles. The third-order valence-electron chi connectivity index (χ3n) is 3.00. The van der Waals surface area contributed by atoms with Crippen molar-refractivity contribution >= 4 is 27.5 Å². The number of nitrogens with one attached hydrogen (secondary N) is 1. The van der Waals surface area contributed by atoms with Crippen LogP contribution in [-0.4, -0.2) is 5.91 Å². The molecule has 2 aromatic carbocycles. The first kappa shape index (κ1) is 13.8. The highest BCUT2D eigenvalue weighted by Crippen LogP contribution is 2.13. The molecule has 3 heteroatoms. The summed E-state index contributed by atoms with van der Waals surface area (Å²) in [6.07, 6.45) is 0.410. The van der Waals surface area contributed by atoms with E-state index < -0.39 is 0 Å². The van der Waals surface area contributed by atoms with Crippen LogP contribution in [0.1, 0.15) is 16.7 Å². The first-order chi connectivity index (χ1) is 9.19. The van der Waals surface area contributed by atoms with Crippen LogP contribution in [0.4, 0.5) is 5.69 Å². The van der Waals surface area contributed by atoms with Gasteiger partial charge in [0.05, 0.1) is 6.42 Å². The van der Waals surface area contributed by atoms with Crippen LogP contribution in [0, 0.1) is 6.92 Å². The van der Waals surface area contributed by atoms with Crippen LogP contribution in [0.2, 0.25) is 0 Å². The van der Waals surface area contributed by atoms with Crippen molar-refractivity contribution in [1.29, 1.82) is 0 Å². The van der Waals surface area contributed by atoms with Crippen LogP contribution in [0.5, 0.6) is 0 Å². The number of rotatable bonds is 4. The number of anilines is 1. The van der Waals surface area contributed by atoms with Gasteiger partial charge in [0.2, 0.25) is 5.91 Å². The van der Waals surface area contributed by atoms with Crippen LogP contribution in [0.25, 0.3) is 0 Å². The van der Waals surface area contributed by atoms with Crippen LogP contribution < -0.4 is 5.32 Å². The van der Waals surface area contributed by atoms with Crippen molar-refractivity contribution in [3.05, 3.63) is 65.2 Å². The Balaban J connectivity index is 1.99. The zero-order chi connectivity index (χ0) is 13.7. The van der Waals surface area contributed by atoms with Gasteiger partial charge >= 0.3 is 0 Å². The monoisotopic (exact) mass is 317 g/mol. The topological polar surface area (TPSA) is 29.1 Å². The molecule has 2 nitrogen and oxygen atoms in total. The SMILES string of the molecule is Cc1ccccc1CC(=O)Nc1ccc(CBr)cc1. The van der Waals surface area contributed by atoms with E-state index in [0.717, 1.165) is 22.1 Å². The van der Waals surface area contributed by atoms with Gasteiger partial charge in [0.25, 0.3) is 0 Å². The molecule has 0 bridgehead atoms. The van der Waals surface area contributed by atoms with Gasteiger partial charge in [0, 0.05) is 11.0 Å². The summed E-state index contributed by atoms with van der Waals surface area (Å²) in [6.45, 7) is 2.02. The van der Waals surface area contributed by atoms with E-state index in [1.807, 2.05) is 55.5 Å². The molecule has 1 amide bonds. The Bertz CT molecular complexity index is 563. The van der Waals surface area contributed by atoms with E-state index in [2.05, 4.69) is 21.2 Å². The molecule has 0 unspecified atom stereocenters. The summed E-state index contributed by atoms with van der Waals surface area (Å²) >= 11 is 3.40. The highest BCUT2D eigenvalue weighted by atomic mass is 79.9. The second-order valence-corrected chi connectivity index (χ2v) is 5.04. The number of hydrogen-bond donors (Lipinski definition) is 1. The predicted octanol–water partition coefficient (Wildman–Crippen LogP) is 4.07. The standard InChI is InChI=1S/C16H16BrNO/c1-12-4-2-3-5-14(12)10-16(19)18-15-8-6-13(11-17)7-9-15/h2-9H,10-11H2,1H3,(H,18,19). The molecular weight excluding hydrogens is 302 g/mol. The zero-order valence-corrected chi connectivity index (χ0v) is 12.4. The maximum atomic E-state index is 12.0. The van der Waals surface area contributed by atoms with Crippen molar-refractivity contribution < 1.29 is 4.79 Å². The van der Waals surface area contributed by atoms with Crippen molar-refractivity contribution in [2.45, 2.75) is 18.7 Å². The van der Waals surface area contributed by atoms with Gasteiger partial charge in [-0.2, -0.15) is 0 Å². The van der Waals surface area contributed by atoms with E-state index in [-0.39, 0.29) is 5.91 Å². The molecule has 1 N–H and O–H groups in total. The smallest absolute Gasteiger partial charge is 0.228 e. The van der Waals surface area contributed by atoms with Gasteiger partial charge in [-0.15, -0.1) is 0 Å². The lowest BCUT2D eigenvalue weighted by molar-refractivity contribution is -0.115. The highest BCUT2D eigenvalue weighted by Gasteiger charge is 2.05. The number of benzene rings is 2. The van der Waals surface area contributed by atoms with Crippen LogP contribution in [0.3, 0.4) is 0 Å². The Kier molecular flexibility index (Phi) is 4.74. The lowest BCUT2D eigenvalue weighted by Gasteiger charge is -2.07. The summed E-state index contributed by atoms with van der Waals surface area (Å²) in [7, 11) is 0. The molecule has 2 aromatic rings. The second-order valence-electron chi connectivity index (χ2n) is 4.48. The van der Waals surface area contributed by atoms with Gasteiger partial charge in [-0.3, -0.25) is 4.79 Å². The molecule has 0 atom stereocenters. The van der Waals surface area contributed by atoms with E-state index in [4.69, 9.17) is 0 Å². The zero-order valence-electron chi connectivity index (χ0n) is 10.8. The Morgan fingerprint density at radius 2 is 1.79 bits per heavy atom. The predicted molar refractivity (Wildman–Crippen MR) is 82.6 cm³/mol. The fraction of sp³-hybridized carbons (Fsp3) is 0.188. The third kappa shape index (κ3) is 3.93. The molecule has 0 saturated carbocycles. The molecule has 0 radical (unpaired) electrons. The summed E-state index contributed by atoms with van der Waals surface area (Å²) in [4.78, 5) is 12.0. The Morgan fingerprint density at radius 1 is 1.11 bits per heavy atom. The van der Waals surface area contributed by atoms with Crippen molar-refractivity contribution in [3.63, 3.8) is 0 Å².